The molecule has 0 saturated heterocycles. The molecule has 1 aromatic carbocycles. The van der Waals surface area contributed by atoms with Crippen molar-refractivity contribution in [1.82, 2.24) is 0 Å². The van der Waals surface area contributed by atoms with E-state index in [1.807, 2.05) is 0 Å². The van der Waals surface area contributed by atoms with Gasteiger partial charge >= 0.3 is 0 Å². The number of rotatable bonds is 4. The highest BCUT2D eigenvalue weighted by molar-refractivity contribution is 5.38. The fourth-order valence-corrected chi connectivity index (χ4v) is 3.43. The van der Waals surface area contributed by atoms with Crippen LogP contribution in [0.15, 0.2) is 18.2 Å². The van der Waals surface area contributed by atoms with E-state index in [0.29, 0.717) is 29.6 Å². The molecule has 0 aromatic heterocycles. The average Bonchev–Trinajstić information content (AvgIpc) is 2.28. The molecule has 0 fully saturated rings. The molecule has 1 aromatic rings. The molecule has 1 atom stereocenters. The standard InChI is InChI=1S/C17H25FO2/c1-11(2)8-17(9-12(3)4)10-15(19)14-7-13(18)5-6-16(14)20-17/h5-7,11-12,15,19H,8-10H2,1-4H3/t15-/m0/s1. The predicted molar refractivity (Wildman–Crippen MR) is 78.2 cm³/mol. The Morgan fingerprint density at radius 1 is 1.25 bits per heavy atom. The Hall–Kier alpha value is -1.09. The van der Waals surface area contributed by atoms with Crippen LogP contribution in [0.2, 0.25) is 0 Å². The lowest BCUT2D eigenvalue weighted by atomic mass is 9.78. The first-order valence-corrected chi connectivity index (χ1v) is 7.48. The number of aliphatic hydroxyl groups is 1. The van der Waals surface area contributed by atoms with Gasteiger partial charge < -0.3 is 9.84 Å². The summed E-state index contributed by atoms with van der Waals surface area (Å²) in [6.07, 6.45) is 1.70. The largest absolute Gasteiger partial charge is 0.487 e. The molecule has 0 saturated carbocycles. The third-order valence-corrected chi connectivity index (χ3v) is 3.78. The number of hydrogen-bond donors (Lipinski definition) is 1. The molecule has 0 amide bonds. The highest BCUT2D eigenvalue weighted by atomic mass is 19.1. The summed E-state index contributed by atoms with van der Waals surface area (Å²) in [7, 11) is 0. The minimum absolute atomic E-state index is 0.327. The Labute approximate surface area is 121 Å². The van der Waals surface area contributed by atoms with Gasteiger partial charge in [-0.2, -0.15) is 0 Å². The summed E-state index contributed by atoms with van der Waals surface area (Å²) < 4.78 is 19.6. The van der Waals surface area contributed by atoms with Crippen molar-refractivity contribution >= 4 is 0 Å². The first-order chi connectivity index (χ1) is 9.31. The van der Waals surface area contributed by atoms with Crippen molar-refractivity contribution in [2.75, 3.05) is 0 Å². The maximum atomic E-state index is 13.3. The van der Waals surface area contributed by atoms with Crippen molar-refractivity contribution < 1.29 is 14.2 Å². The number of benzene rings is 1. The molecule has 0 spiro atoms. The summed E-state index contributed by atoms with van der Waals surface area (Å²) in [6, 6.07) is 4.42. The maximum absolute atomic E-state index is 13.3. The monoisotopic (exact) mass is 280 g/mol. The third-order valence-electron chi connectivity index (χ3n) is 3.78. The molecule has 1 aliphatic heterocycles. The molecule has 0 unspecified atom stereocenters. The summed E-state index contributed by atoms with van der Waals surface area (Å²) in [4.78, 5) is 0. The molecule has 2 nitrogen and oxygen atoms in total. The van der Waals surface area contributed by atoms with Crippen LogP contribution in [0.1, 0.15) is 58.6 Å². The summed E-state index contributed by atoms with van der Waals surface area (Å²) in [5.41, 5.74) is 0.236. The van der Waals surface area contributed by atoms with Crippen LogP contribution in [0.3, 0.4) is 0 Å². The van der Waals surface area contributed by atoms with Gasteiger partial charge in [0.2, 0.25) is 0 Å². The van der Waals surface area contributed by atoms with Crippen LogP contribution in [-0.2, 0) is 0 Å². The second kappa shape index (κ2) is 5.72. The lowest BCUT2D eigenvalue weighted by molar-refractivity contribution is -0.0408. The normalized spacial score (nSPS) is 20.9. The molecule has 112 valence electrons. The topological polar surface area (TPSA) is 29.5 Å². The van der Waals surface area contributed by atoms with Crippen molar-refractivity contribution in [3.63, 3.8) is 0 Å². The van der Waals surface area contributed by atoms with E-state index in [0.717, 1.165) is 12.8 Å². The Bertz CT molecular complexity index is 458. The minimum Gasteiger partial charge on any atom is -0.487 e. The number of ether oxygens (including phenoxy) is 1. The van der Waals surface area contributed by atoms with E-state index in [1.165, 1.54) is 12.1 Å². The molecule has 1 N–H and O–H groups in total. The third kappa shape index (κ3) is 3.32. The zero-order chi connectivity index (χ0) is 14.9. The van der Waals surface area contributed by atoms with Crippen LogP contribution in [0.25, 0.3) is 0 Å². The highest BCUT2D eigenvalue weighted by Crippen LogP contribution is 2.45. The zero-order valence-electron chi connectivity index (χ0n) is 12.8. The predicted octanol–water partition coefficient (Wildman–Crippen LogP) is 4.47. The fraction of sp³-hybridized carbons (Fsp3) is 0.647. The van der Waals surface area contributed by atoms with Crippen molar-refractivity contribution in [3.8, 4) is 5.75 Å². The average molecular weight is 280 g/mol. The second-order valence-corrected chi connectivity index (χ2v) is 6.88. The Morgan fingerprint density at radius 3 is 2.40 bits per heavy atom. The van der Waals surface area contributed by atoms with E-state index >= 15 is 0 Å². The smallest absolute Gasteiger partial charge is 0.126 e. The van der Waals surface area contributed by atoms with Crippen LogP contribution in [0.4, 0.5) is 4.39 Å². The van der Waals surface area contributed by atoms with Gasteiger partial charge in [0.25, 0.3) is 0 Å². The van der Waals surface area contributed by atoms with Crippen molar-refractivity contribution in [1.29, 1.82) is 0 Å². The molecule has 0 radical (unpaired) electrons. The fourth-order valence-electron chi connectivity index (χ4n) is 3.43. The van der Waals surface area contributed by atoms with Crippen LogP contribution in [-0.4, -0.2) is 10.7 Å². The van der Waals surface area contributed by atoms with Gasteiger partial charge in [-0.05, 0) is 42.9 Å². The lowest BCUT2D eigenvalue weighted by Crippen LogP contribution is -2.43. The van der Waals surface area contributed by atoms with Crippen LogP contribution >= 0.6 is 0 Å². The molecule has 0 aliphatic carbocycles. The van der Waals surface area contributed by atoms with Gasteiger partial charge in [-0.15, -0.1) is 0 Å². The molecule has 0 bridgehead atoms. The van der Waals surface area contributed by atoms with E-state index in [4.69, 9.17) is 4.74 Å². The van der Waals surface area contributed by atoms with E-state index < -0.39 is 6.10 Å². The van der Waals surface area contributed by atoms with Gasteiger partial charge in [0.1, 0.15) is 17.2 Å². The molecule has 1 aliphatic rings. The SMILES string of the molecule is CC(C)CC1(CC(C)C)C[C@H](O)c2cc(F)ccc2O1. The number of hydrogen-bond acceptors (Lipinski definition) is 2. The molecular formula is C17H25FO2. The van der Waals surface area contributed by atoms with Crippen molar-refractivity contribution in [2.45, 2.75) is 58.7 Å². The van der Waals surface area contributed by atoms with Crippen molar-refractivity contribution in [3.05, 3.63) is 29.6 Å². The van der Waals surface area contributed by atoms with E-state index in [1.54, 1.807) is 6.07 Å². The van der Waals surface area contributed by atoms with E-state index in [-0.39, 0.29) is 11.4 Å². The highest BCUT2D eigenvalue weighted by Gasteiger charge is 2.41. The van der Waals surface area contributed by atoms with E-state index in [2.05, 4.69) is 27.7 Å². The number of fused-ring (bicyclic) bond motifs is 1. The zero-order valence-corrected chi connectivity index (χ0v) is 12.8. The Balaban J connectivity index is 2.34. The number of aliphatic hydroxyl groups excluding tert-OH is 1. The van der Waals surface area contributed by atoms with Crippen LogP contribution in [0.5, 0.6) is 5.75 Å². The molecule has 1 heterocycles. The first-order valence-electron chi connectivity index (χ1n) is 7.48. The molecule has 3 heteroatoms. The van der Waals surface area contributed by atoms with Crippen molar-refractivity contribution in [2.24, 2.45) is 11.8 Å². The van der Waals surface area contributed by atoms with Gasteiger partial charge in [0.15, 0.2) is 0 Å². The molecular weight excluding hydrogens is 255 g/mol. The molecule has 2 rings (SSSR count). The van der Waals surface area contributed by atoms with Crippen LogP contribution in [0, 0.1) is 17.7 Å². The quantitative estimate of drug-likeness (QED) is 0.881. The minimum atomic E-state index is -0.646. The van der Waals surface area contributed by atoms with Gasteiger partial charge in [0.05, 0.1) is 6.10 Å². The van der Waals surface area contributed by atoms with Crippen LogP contribution < -0.4 is 4.74 Å². The lowest BCUT2D eigenvalue weighted by Gasteiger charge is -2.43. The first kappa shape index (κ1) is 15.3. The van der Waals surface area contributed by atoms with Gasteiger partial charge in [0, 0.05) is 12.0 Å². The van der Waals surface area contributed by atoms with Gasteiger partial charge in [-0.25, -0.2) is 4.39 Å². The summed E-state index contributed by atoms with van der Waals surface area (Å²) in [6.45, 7) is 8.66. The molecule has 20 heavy (non-hydrogen) atoms. The second-order valence-electron chi connectivity index (χ2n) is 6.88. The maximum Gasteiger partial charge on any atom is 0.126 e. The Kier molecular flexibility index (Phi) is 4.38. The summed E-state index contributed by atoms with van der Waals surface area (Å²) >= 11 is 0. The van der Waals surface area contributed by atoms with Gasteiger partial charge in [-0.1, -0.05) is 27.7 Å². The summed E-state index contributed by atoms with van der Waals surface area (Å²) in [5, 5.41) is 10.4. The van der Waals surface area contributed by atoms with E-state index in [9.17, 15) is 9.50 Å². The Morgan fingerprint density at radius 2 is 1.85 bits per heavy atom. The number of halogens is 1. The van der Waals surface area contributed by atoms with Gasteiger partial charge in [-0.3, -0.25) is 0 Å². The summed E-state index contributed by atoms with van der Waals surface area (Å²) in [5.74, 6) is 1.28.